The predicted octanol–water partition coefficient (Wildman–Crippen LogP) is 5.72. The summed E-state index contributed by atoms with van der Waals surface area (Å²) in [6, 6.07) is 18.2. The number of benzene rings is 2. The van der Waals surface area contributed by atoms with Gasteiger partial charge in [-0.2, -0.15) is 8.78 Å². The molecular formula is C29H30F3N5O. The molecule has 5 rings (SSSR count). The summed E-state index contributed by atoms with van der Waals surface area (Å²) < 4.78 is 45.3. The van der Waals surface area contributed by atoms with Crippen LogP contribution in [0, 0.1) is 5.82 Å². The Bertz CT molecular complexity index is 1390. The molecule has 0 saturated carbocycles. The van der Waals surface area contributed by atoms with E-state index in [1.165, 1.54) is 18.2 Å². The van der Waals surface area contributed by atoms with Crippen LogP contribution in [0.4, 0.5) is 24.5 Å². The third-order valence-corrected chi connectivity index (χ3v) is 6.80. The van der Waals surface area contributed by atoms with E-state index in [-0.39, 0.29) is 11.6 Å². The summed E-state index contributed by atoms with van der Waals surface area (Å²) in [4.78, 5) is 9.15. The number of anilines is 2. The average Bonchev–Trinajstić information content (AvgIpc) is 3.32. The van der Waals surface area contributed by atoms with Crippen molar-refractivity contribution in [3.05, 3.63) is 96.2 Å². The van der Waals surface area contributed by atoms with E-state index in [1.807, 2.05) is 19.1 Å². The maximum Gasteiger partial charge on any atom is 0.387 e. The highest BCUT2D eigenvalue weighted by Gasteiger charge is 2.19. The van der Waals surface area contributed by atoms with Gasteiger partial charge in [0.1, 0.15) is 5.82 Å². The van der Waals surface area contributed by atoms with Gasteiger partial charge in [0, 0.05) is 50.3 Å². The van der Waals surface area contributed by atoms with E-state index in [0.717, 1.165) is 54.5 Å². The van der Waals surface area contributed by atoms with Gasteiger partial charge in [0.25, 0.3) is 0 Å². The summed E-state index contributed by atoms with van der Waals surface area (Å²) in [6.45, 7) is 7.31. The maximum atomic E-state index is 13.2. The second-order valence-electron chi connectivity index (χ2n) is 9.15. The Hall–Kier alpha value is -4.14. The van der Waals surface area contributed by atoms with Gasteiger partial charge in [0.15, 0.2) is 11.4 Å². The van der Waals surface area contributed by atoms with Gasteiger partial charge in [0.05, 0.1) is 17.1 Å². The van der Waals surface area contributed by atoms with E-state index in [2.05, 4.69) is 55.7 Å². The van der Waals surface area contributed by atoms with E-state index < -0.39 is 6.61 Å². The molecule has 3 heterocycles. The van der Waals surface area contributed by atoms with Gasteiger partial charge >= 0.3 is 6.61 Å². The number of ether oxygens (including phenoxy) is 1. The number of halogens is 3. The number of nitrogens with one attached hydrogen (secondary N) is 1. The first-order valence-corrected chi connectivity index (χ1v) is 12.6. The lowest BCUT2D eigenvalue weighted by Gasteiger charge is -2.37. The molecule has 198 valence electrons. The molecule has 1 N–H and O–H groups in total. The van der Waals surface area contributed by atoms with E-state index in [9.17, 15) is 13.2 Å². The second-order valence-corrected chi connectivity index (χ2v) is 9.15. The third kappa shape index (κ3) is 5.41. The third-order valence-electron chi connectivity index (χ3n) is 6.80. The number of nitrogens with zero attached hydrogens (tertiary/aromatic N) is 4. The van der Waals surface area contributed by atoms with Crippen molar-refractivity contribution in [1.82, 2.24) is 14.7 Å². The molecule has 6 nitrogen and oxygen atoms in total. The quantitative estimate of drug-likeness (QED) is 0.305. The van der Waals surface area contributed by atoms with Crippen LogP contribution in [0.25, 0.3) is 11.3 Å². The highest BCUT2D eigenvalue weighted by Crippen LogP contribution is 2.27. The molecule has 4 aromatic rings. The van der Waals surface area contributed by atoms with Crippen LogP contribution in [0.15, 0.2) is 73.4 Å². The summed E-state index contributed by atoms with van der Waals surface area (Å²) in [6.07, 6.45) is 2.39. The lowest BCUT2D eigenvalue weighted by Crippen LogP contribution is -2.46. The number of hydrogen-bond donors (Lipinski definition) is 1. The molecule has 1 fully saturated rings. The Labute approximate surface area is 220 Å². The van der Waals surface area contributed by atoms with Crippen LogP contribution in [0.2, 0.25) is 0 Å². The minimum absolute atomic E-state index is 0.0327. The van der Waals surface area contributed by atoms with Crippen LogP contribution in [0.3, 0.4) is 0 Å². The first-order valence-electron chi connectivity index (χ1n) is 12.6. The Morgan fingerprint density at radius 2 is 1.58 bits per heavy atom. The van der Waals surface area contributed by atoms with Gasteiger partial charge in [-0.3, -0.25) is 4.40 Å². The summed E-state index contributed by atoms with van der Waals surface area (Å²) in [5, 5.41) is 3.36. The summed E-state index contributed by atoms with van der Waals surface area (Å²) in [5.74, 6) is -0.186. The SMILES string of the molecule is C=C(NCc1ccc(N2CCN(c3ccc(F)cc3)CC2)cc1)c1c(CC)nc2c(OC(F)F)cccn12. The number of alkyl halides is 2. The Morgan fingerprint density at radius 3 is 2.16 bits per heavy atom. The lowest BCUT2D eigenvalue weighted by molar-refractivity contribution is -0.0491. The molecular weight excluding hydrogens is 491 g/mol. The molecule has 1 aliphatic rings. The smallest absolute Gasteiger partial charge is 0.387 e. The fourth-order valence-corrected chi connectivity index (χ4v) is 4.84. The highest BCUT2D eigenvalue weighted by atomic mass is 19.3. The van der Waals surface area contributed by atoms with Gasteiger partial charge in [0.2, 0.25) is 0 Å². The number of aryl methyl sites for hydroxylation is 1. The molecule has 9 heteroatoms. The van der Waals surface area contributed by atoms with Crippen molar-refractivity contribution in [2.24, 2.45) is 0 Å². The van der Waals surface area contributed by atoms with E-state index in [4.69, 9.17) is 0 Å². The topological polar surface area (TPSA) is 45.0 Å². The number of hydrogen-bond acceptors (Lipinski definition) is 5. The van der Waals surface area contributed by atoms with Gasteiger partial charge in [-0.1, -0.05) is 25.6 Å². The summed E-state index contributed by atoms with van der Waals surface area (Å²) in [5.41, 5.74) is 5.79. The van der Waals surface area contributed by atoms with E-state index >= 15 is 0 Å². The van der Waals surface area contributed by atoms with Crippen molar-refractivity contribution >= 4 is 22.7 Å². The zero-order valence-electron chi connectivity index (χ0n) is 21.2. The maximum absolute atomic E-state index is 13.2. The largest absolute Gasteiger partial charge is 0.431 e. The Kier molecular flexibility index (Phi) is 7.44. The molecule has 1 saturated heterocycles. The monoisotopic (exact) mass is 521 g/mol. The number of rotatable bonds is 9. The summed E-state index contributed by atoms with van der Waals surface area (Å²) in [7, 11) is 0. The number of fused-ring (bicyclic) bond motifs is 1. The lowest BCUT2D eigenvalue weighted by atomic mass is 10.1. The van der Waals surface area contributed by atoms with Crippen molar-refractivity contribution in [3.63, 3.8) is 0 Å². The van der Waals surface area contributed by atoms with Gasteiger partial charge < -0.3 is 19.9 Å². The minimum atomic E-state index is -2.92. The van der Waals surface area contributed by atoms with Crippen molar-refractivity contribution < 1.29 is 17.9 Å². The molecule has 0 radical (unpaired) electrons. The normalized spacial score (nSPS) is 13.8. The predicted molar refractivity (Wildman–Crippen MR) is 144 cm³/mol. The van der Waals surface area contributed by atoms with Crippen molar-refractivity contribution in [1.29, 1.82) is 0 Å². The molecule has 0 bridgehead atoms. The van der Waals surface area contributed by atoms with E-state index in [1.54, 1.807) is 16.7 Å². The highest BCUT2D eigenvalue weighted by molar-refractivity contribution is 5.68. The second kappa shape index (κ2) is 11.1. The molecule has 0 amide bonds. The Morgan fingerprint density at radius 1 is 0.974 bits per heavy atom. The van der Waals surface area contributed by atoms with Crippen molar-refractivity contribution in [2.75, 3.05) is 36.0 Å². The molecule has 2 aromatic heterocycles. The first kappa shape index (κ1) is 25.5. The Balaban J connectivity index is 1.21. The fourth-order valence-electron chi connectivity index (χ4n) is 4.84. The molecule has 0 unspecified atom stereocenters. The molecule has 2 aromatic carbocycles. The van der Waals surface area contributed by atoms with Gasteiger partial charge in [-0.25, -0.2) is 9.37 Å². The van der Waals surface area contributed by atoms with Crippen molar-refractivity contribution in [2.45, 2.75) is 26.5 Å². The standard InChI is InChI=1S/C29H30F3N5O/c1-3-25-27(37-14-4-5-26(28(37)34-25)38-29(31)32)20(2)33-19-21-6-10-23(11-7-21)35-15-17-36(18-16-35)24-12-8-22(30)9-13-24/h4-14,29,33H,2-3,15-19H2,1H3. The zero-order valence-corrected chi connectivity index (χ0v) is 21.2. The number of pyridine rings is 1. The number of imidazole rings is 1. The van der Waals surface area contributed by atoms with Crippen molar-refractivity contribution in [3.8, 4) is 5.75 Å². The van der Waals surface area contributed by atoms with Gasteiger partial charge in [-0.15, -0.1) is 0 Å². The molecule has 0 spiro atoms. The zero-order chi connectivity index (χ0) is 26.6. The molecule has 0 aliphatic carbocycles. The molecule has 38 heavy (non-hydrogen) atoms. The van der Waals surface area contributed by atoms with Crippen LogP contribution >= 0.6 is 0 Å². The fraction of sp³-hybridized carbons (Fsp3) is 0.276. The van der Waals surface area contributed by atoms with E-state index in [0.29, 0.717) is 24.3 Å². The van der Waals surface area contributed by atoms with Gasteiger partial charge in [-0.05, 0) is 60.5 Å². The minimum Gasteiger partial charge on any atom is -0.431 e. The summed E-state index contributed by atoms with van der Waals surface area (Å²) >= 11 is 0. The average molecular weight is 522 g/mol. The first-order chi connectivity index (χ1) is 18.4. The molecule has 1 aliphatic heterocycles. The van der Waals surface area contributed by atoms with Crippen LogP contribution in [0.1, 0.15) is 23.9 Å². The van der Waals surface area contributed by atoms with Crippen LogP contribution < -0.4 is 19.9 Å². The molecule has 0 atom stereocenters. The number of aromatic nitrogens is 2. The van der Waals surface area contributed by atoms with Crippen LogP contribution in [-0.2, 0) is 13.0 Å². The van der Waals surface area contributed by atoms with Crippen LogP contribution in [0.5, 0.6) is 5.75 Å². The number of piperazine rings is 1. The van der Waals surface area contributed by atoms with Crippen LogP contribution in [-0.4, -0.2) is 42.2 Å².